The van der Waals surface area contributed by atoms with Crippen molar-refractivity contribution in [3.63, 3.8) is 0 Å². The number of unbranched alkanes of at least 4 members (excludes halogenated alkanes) is 52. The number of carbonyl (C=O) groups excluding carboxylic acids is 2. The van der Waals surface area contributed by atoms with E-state index in [0.717, 1.165) is 44.9 Å². The van der Waals surface area contributed by atoms with Crippen molar-refractivity contribution in [2.45, 2.75) is 405 Å². The molecule has 6 nitrogen and oxygen atoms in total. The van der Waals surface area contributed by atoms with Gasteiger partial charge >= 0.3 is 5.97 Å². The molecule has 446 valence electrons. The van der Waals surface area contributed by atoms with E-state index in [9.17, 15) is 19.8 Å². The van der Waals surface area contributed by atoms with Gasteiger partial charge in [-0.25, -0.2) is 0 Å². The molecular weight excluding hydrogens is 923 g/mol. The van der Waals surface area contributed by atoms with Gasteiger partial charge in [0, 0.05) is 12.8 Å². The zero-order chi connectivity index (χ0) is 54.3. The largest absolute Gasteiger partial charge is 0.466 e. The second kappa shape index (κ2) is 65.1. The van der Waals surface area contributed by atoms with Gasteiger partial charge in [0.05, 0.1) is 25.4 Å². The average molecular weight is 1060 g/mol. The first-order chi connectivity index (χ1) is 37.0. The van der Waals surface area contributed by atoms with E-state index in [1.807, 2.05) is 0 Å². The van der Waals surface area contributed by atoms with Gasteiger partial charge in [-0.1, -0.05) is 341 Å². The fourth-order valence-electron chi connectivity index (χ4n) is 11.1. The summed E-state index contributed by atoms with van der Waals surface area (Å²) in [6.07, 6.45) is 79.6. The molecule has 0 saturated carbocycles. The number of ether oxygens (including phenoxy) is 1. The summed E-state index contributed by atoms with van der Waals surface area (Å²) in [5.41, 5.74) is 0. The van der Waals surface area contributed by atoms with Gasteiger partial charge in [0.1, 0.15) is 0 Å². The summed E-state index contributed by atoms with van der Waals surface area (Å²) >= 11 is 0. The molecule has 2 unspecified atom stereocenters. The molecule has 3 N–H and O–H groups in total. The fraction of sp³-hybridized carbons (Fsp3) is 0.942. The maximum atomic E-state index is 12.5. The van der Waals surface area contributed by atoms with E-state index < -0.39 is 12.1 Å². The molecule has 75 heavy (non-hydrogen) atoms. The summed E-state index contributed by atoms with van der Waals surface area (Å²) in [5, 5.41) is 23.3. The predicted octanol–water partition coefficient (Wildman–Crippen LogP) is 22.0. The second-order valence-electron chi connectivity index (χ2n) is 23.9. The van der Waals surface area contributed by atoms with E-state index in [2.05, 4.69) is 31.3 Å². The maximum absolute atomic E-state index is 12.5. The van der Waals surface area contributed by atoms with Crippen LogP contribution in [0.25, 0.3) is 0 Å². The topological polar surface area (TPSA) is 95.9 Å². The molecule has 2 atom stereocenters. The van der Waals surface area contributed by atoms with Gasteiger partial charge in [-0.2, -0.15) is 0 Å². The van der Waals surface area contributed by atoms with Crippen LogP contribution < -0.4 is 5.32 Å². The zero-order valence-electron chi connectivity index (χ0n) is 51.1. The van der Waals surface area contributed by atoms with Crippen LogP contribution in [0.2, 0.25) is 0 Å². The minimum Gasteiger partial charge on any atom is -0.466 e. The first-order valence-electron chi connectivity index (χ1n) is 34.4. The Kier molecular flexibility index (Phi) is 63.9. The summed E-state index contributed by atoms with van der Waals surface area (Å²) in [7, 11) is 0. The highest BCUT2D eigenvalue weighted by molar-refractivity contribution is 5.76. The van der Waals surface area contributed by atoms with Crippen molar-refractivity contribution >= 4 is 11.9 Å². The Hall–Kier alpha value is -1.40. The highest BCUT2D eigenvalue weighted by Gasteiger charge is 2.20. The van der Waals surface area contributed by atoms with E-state index >= 15 is 0 Å². The minimum atomic E-state index is -0.662. The third kappa shape index (κ3) is 61.7. The number of nitrogens with one attached hydrogen (secondary N) is 1. The standard InChI is InChI=1S/C69H135NO5/c1-3-5-7-9-11-13-15-17-19-30-35-39-43-47-51-55-59-63-69(74)75-64-60-56-52-48-44-40-36-32-29-27-25-23-21-22-24-26-28-31-34-38-42-46-50-54-58-62-68(73)70-66(65-71)67(72)61-57-53-49-45-41-37-33-20-18-16-14-12-10-8-6-4-2/h17,19,66-67,71-72H,3-16,18,20-65H2,1-2H3,(H,70,73)/b19-17-. The molecule has 1 amide bonds. The van der Waals surface area contributed by atoms with Crippen LogP contribution in [-0.4, -0.2) is 47.4 Å². The molecule has 0 aliphatic rings. The number of aliphatic hydroxyl groups is 2. The molecule has 0 spiro atoms. The molecule has 0 radical (unpaired) electrons. The average Bonchev–Trinajstić information content (AvgIpc) is 3.41. The molecule has 0 aromatic carbocycles. The molecule has 0 rings (SSSR count). The third-order valence-corrected chi connectivity index (χ3v) is 16.3. The molecule has 0 fully saturated rings. The number of rotatable bonds is 65. The van der Waals surface area contributed by atoms with Gasteiger partial charge in [0.2, 0.25) is 5.91 Å². The van der Waals surface area contributed by atoms with E-state index in [4.69, 9.17) is 4.74 Å². The molecule has 0 saturated heterocycles. The van der Waals surface area contributed by atoms with Crippen molar-refractivity contribution in [1.82, 2.24) is 5.32 Å². The molecule has 0 aliphatic carbocycles. The Bertz CT molecular complexity index is 1130. The van der Waals surface area contributed by atoms with E-state index in [-0.39, 0.29) is 18.5 Å². The van der Waals surface area contributed by atoms with Crippen LogP contribution in [-0.2, 0) is 14.3 Å². The first kappa shape index (κ1) is 73.6. The lowest BCUT2D eigenvalue weighted by Gasteiger charge is -2.22. The second-order valence-corrected chi connectivity index (χ2v) is 23.9. The van der Waals surface area contributed by atoms with Gasteiger partial charge in [-0.05, 0) is 51.4 Å². The van der Waals surface area contributed by atoms with Gasteiger partial charge in [-0.3, -0.25) is 9.59 Å². The highest BCUT2D eigenvalue weighted by atomic mass is 16.5. The molecule has 0 heterocycles. The number of hydrogen-bond donors (Lipinski definition) is 3. The SMILES string of the molecule is CCCCCCCC/C=C\CCCCCCCCCC(=O)OCCCCCCCCCCCCCCCCCCCCCCCCCCCC(=O)NC(CO)C(O)CCCCCCCCCCCCCCCCCC. The van der Waals surface area contributed by atoms with Gasteiger partial charge in [-0.15, -0.1) is 0 Å². The van der Waals surface area contributed by atoms with E-state index in [1.165, 1.54) is 315 Å². The number of allylic oxidation sites excluding steroid dienone is 2. The third-order valence-electron chi connectivity index (χ3n) is 16.3. The van der Waals surface area contributed by atoms with Crippen molar-refractivity contribution < 1.29 is 24.5 Å². The van der Waals surface area contributed by atoms with Crippen LogP contribution >= 0.6 is 0 Å². The number of hydrogen-bond acceptors (Lipinski definition) is 5. The predicted molar refractivity (Wildman–Crippen MR) is 329 cm³/mol. The lowest BCUT2D eigenvalue weighted by atomic mass is 10.0. The van der Waals surface area contributed by atoms with Crippen LogP contribution in [0.5, 0.6) is 0 Å². The summed E-state index contributed by atoms with van der Waals surface area (Å²) in [6, 6.07) is -0.539. The summed E-state index contributed by atoms with van der Waals surface area (Å²) in [6.45, 7) is 4.99. The fourth-order valence-corrected chi connectivity index (χ4v) is 11.1. The van der Waals surface area contributed by atoms with Crippen molar-refractivity contribution in [1.29, 1.82) is 0 Å². The minimum absolute atomic E-state index is 0.0141. The molecule has 6 heteroatoms. The van der Waals surface area contributed by atoms with Crippen LogP contribution in [0.3, 0.4) is 0 Å². The quantitative estimate of drug-likeness (QED) is 0.0320. The maximum Gasteiger partial charge on any atom is 0.305 e. The Morgan fingerprint density at radius 2 is 0.627 bits per heavy atom. The zero-order valence-corrected chi connectivity index (χ0v) is 51.1. The molecule has 0 bridgehead atoms. The van der Waals surface area contributed by atoms with Crippen LogP contribution in [0, 0.1) is 0 Å². The summed E-state index contributed by atoms with van der Waals surface area (Å²) < 4.78 is 5.50. The van der Waals surface area contributed by atoms with Gasteiger partial charge in [0.15, 0.2) is 0 Å². The number of amides is 1. The summed E-state index contributed by atoms with van der Waals surface area (Å²) in [5.74, 6) is -0.0156. The van der Waals surface area contributed by atoms with Gasteiger partial charge in [0.25, 0.3) is 0 Å². The Labute approximate surface area is 469 Å². The smallest absolute Gasteiger partial charge is 0.305 e. The summed E-state index contributed by atoms with van der Waals surface area (Å²) in [4.78, 5) is 24.6. The van der Waals surface area contributed by atoms with Crippen molar-refractivity contribution in [2.24, 2.45) is 0 Å². The van der Waals surface area contributed by atoms with Crippen LogP contribution in [0.1, 0.15) is 393 Å². The Morgan fingerprint density at radius 1 is 0.360 bits per heavy atom. The normalized spacial score (nSPS) is 12.5. The van der Waals surface area contributed by atoms with E-state index in [1.54, 1.807) is 0 Å². The number of aliphatic hydroxyl groups excluding tert-OH is 2. The van der Waals surface area contributed by atoms with Crippen molar-refractivity contribution in [3.8, 4) is 0 Å². The van der Waals surface area contributed by atoms with E-state index in [0.29, 0.717) is 25.9 Å². The molecule has 0 aliphatic heterocycles. The lowest BCUT2D eigenvalue weighted by Crippen LogP contribution is -2.45. The Morgan fingerprint density at radius 3 is 0.947 bits per heavy atom. The first-order valence-corrected chi connectivity index (χ1v) is 34.4. The van der Waals surface area contributed by atoms with Crippen molar-refractivity contribution in [3.05, 3.63) is 12.2 Å². The van der Waals surface area contributed by atoms with Crippen molar-refractivity contribution in [2.75, 3.05) is 13.2 Å². The number of carbonyl (C=O) groups is 2. The molecule has 0 aromatic rings. The Balaban J connectivity index is 3.34. The number of esters is 1. The molecule has 0 aromatic heterocycles. The van der Waals surface area contributed by atoms with Crippen LogP contribution in [0.15, 0.2) is 12.2 Å². The lowest BCUT2D eigenvalue weighted by molar-refractivity contribution is -0.143. The van der Waals surface area contributed by atoms with Gasteiger partial charge < -0.3 is 20.3 Å². The highest BCUT2D eigenvalue weighted by Crippen LogP contribution is 2.19. The molecular formula is C69H135NO5. The van der Waals surface area contributed by atoms with Crippen LogP contribution in [0.4, 0.5) is 0 Å². The monoisotopic (exact) mass is 1060 g/mol.